The maximum absolute atomic E-state index is 2.08. The molecule has 1 heteroatoms. The molecule has 0 saturated heterocycles. The molecular weight excluding hydrogens is 94.9 g/mol. The van der Waals surface area contributed by atoms with Gasteiger partial charge in [-0.05, 0) is 0 Å². The lowest BCUT2D eigenvalue weighted by Gasteiger charge is -1.88. The Balaban J connectivity index is 2.83. The van der Waals surface area contributed by atoms with Crippen molar-refractivity contribution in [3.8, 4) is 0 Å². The molecule has 0 fully saturated rings. The van der Waals surface area contributed by atoms with Crippen molar-refractivity contribution in [1.82, 2.24) is 0 Å². The highest BCUT2D eigenvalue weighted by Gasteiger charge is 1.82. The molecule has 0 nitrogen and oxygen atoms in total. The average molecular weight is 103 g/mol. The summed E-state index contributed by atoms with van der Waals surface area (Å²) < 4.78 is 0. The van der Waals surface area contributed by atoms with Crippen LogP contribution in [0, 0.1) is 0 Å². The largest absolute Gasteiger partial charge is 0.148 e. The fourth-order valence-corrected chi connectivity index (χ4v) is 0.645. The zero-order valence-electron chi connectivity index (χ0n) is 4.96. The molecule has 0 bridgehead atoms. The summed E-state index contributed by atoms with van der Waals surface area (Å²) >= 11 is 0. The van der Waals surface area contributed by atoms with E-state index in [0.717, 1.165) is 0 Å². The molecule has 1 radical (unpaired) electrons. The van der Waals surface area contributed by atoms with Gasteiger partial charge in [0.05, 0.1) is 0 Å². The van der Waals surface area contributed by atoms with E-state index in [4.69, 9.17) is 0 Å². The highest BCUT2D eigenvalue weighted by molar-refractivity contribution is 6.51. The molecule has 8 heavy (non-hydrogen) atoms. The standard InChI is InChI=1S/C7H8B/c1-8-7-5-3-2-4-6-7/h2-6H,1H3. The Morgan fingerprint density at radius 1 is 1.12 bits per heavy atom. The van der Waals surface area contributed by atoms with Gasteiger partial charge >= 0.3 is 0 Å². The van der Waals surface area contributed by atoms with E-state index >= 15 is 0 Å². The van der Waals surface area contributed by atoms with Gasteiger partial charge in [-0.1, -0.05) is 42.6 Å². The van der Waals surface area contributed by atoms with E-state index in [0.29, 0.717) is 0 Å². The highest BCUT2D eigenvalue weighted by atomic mass is 13.7. The van der Waals surface area contributed by atoms with Crippen molar-refractivity contribution in [2.45, 2.75) is 6.82 Å². The molecule has 0 N–H and O–H groups in total. The van der Waals surface area contributed by atoms with Crippen LogP contribution in [0.4, 0.5) is 0 Å². The third-order valence-electron chi connectivity index (χ3n) is 1.13. The molecule has 1 aromatic rings. The van der Waals surface area contributed by atoms with Crippen LogP contribution in [-0.4, -0.2) is 7.28 Å². The number of benzene rings is 1. The van der Waals surface area contributed by atoms with Crippen LogP contribution in [-0.2, 0) is 0 Å². The molecule has 0 aliphatic carbocycles. The molecular formula is C7H8B. The summed E-state index contributed by atoms with van der Waals surface area (Å²) in [6.07, 6.45) is 0. The van der Waals surface area contributed by atoms with Crippen LogP contribution in [0.3, 0.4) is 0 Å². The van der Waals surface area contributed by atoms with E-state index in [1.54, 1.807) is 0 Å². The van der Waals surface area contributed by atoms with Crippen LogP contribution in [0.5, 0.6) is 0 Å². The van der Waals surface area contributed by atoms with Gasteiger partial charge < -0.3 is 0 Å². The SMILES string of the molecule is C[B]c1ccccc1. The Kier molecular flexibility index (Phi) is 1.73. The van der Waals surface area contributed by atoms with Gasteiger partial charge in [0.25, 0.3) is 0 Å². The number of rotatable bonds is 1. The van der Waals surface area contributed by atoms with Gasteiger partial charge in [-0.2, -0.15) is 0 Å². The van der Waals surface area contributed by atoms with Crippen LogP contribution in [0.15, 0.2) is 30.3 Å². The molecule has 0 aliphatic heterocycles. The van der Waals surface area contributed by atoms with Crippen LogP contribution >= 0.6 is 0 Å². The predicted molar refractivity (Wildman–Crippen MR) is 37.7 cm³/mol. The van der Waals surface area contributed by atoms with Crippen molar-refractivity contribution >= 4 is 12.7 Å². The highest BCUT2D eigenvalue weighted by Crippen LogP contribution is 1.79. The predicted octanol–water partition coefficient (Wildman–Crippen LogP) is 1.06. The number of hydrogen-bond donors (Lipinski definition) is 0. The lowest BCUT2D eigenvalue weighted by atomic mass is 9.74. The van der Waals surface area contributed by atoms with Crippen LogP contribution < -0.4 is 5.46 Å². The zero-order chi connectivity index (χ0) is 5.82. The molecule has 0 aromatic heterocycles. The first kappa shape index (κ1) is 5.42. The van der Waals surface area contributed by atoms with Crippen LogP contribution in [0.2, 0.25) is 6.82 Å². The van der Waals surface area contributed by atoms with E-state index in [9.17, 15) is 0 Å². The van der Waals surface area contributed by atoms with Gasteiger partial charge in [0.2, 0.25) is 0 Å². The van der Waals surface area contributed by atoms with E-state index in [1.807, 2.05) is 25.0 Å². The second-order valence-corrected chi connectivity index (χ2v) is 1.70. The zero-order valence-corrected chi connectivity index (χ0v) is 4.96. The average Bonchev–Trinajstić information content (AvgIpc) is 1.90. The second-order valence-electron chi connectivity index (χ2n) is 1.70. The lowest BCUT2D eigenvalue weighted by molar-refractivity contribution is 1.77. The van der Waals surface area contributed by atoms with E-state index in [2.05, 4.69) is 19.4 Å². The fourth-order valence-electron chi connectivity index (χ4n) is 0.645. The molecule has 0 heterocycles. The Hall–Kier alpha value is -0.715. The molecule has 0 atom stereocenters. The Bertz CT molecular complexity index is 146. The van der Waals surface area contributed by atoms with Gasteiger partial charge in [-0.25, -0.2) is 0 Å². The van der Waals surface area contributed by atoms with Gasteiger partial charge in [0.1, 0.15) is 7.28 Å². The third-order valence-corrected chi connectivity index (χ3v) is 1.13. The normalized spacial score (nSPS) is 8.62. The van der Waals surface area contributed by atoms with Gasteiger partial charge in [0, 0.05) is 0 Å². The lowest BCUT2D eigenvalue weighted by Crippen LogP contribution is -2.07. The third kappa shape index (κ3) is 1.13. The van der Waals surface area contributed by atoms with Gasteiger partial charge in [-0.15, -0.1) is 0 Å². The summed E-state index contributed by atoms with van der Waals surface area (Å²) in [6, 6.07) is 10.3. The second kappa shape index (κ2) is 2.56. The summed E-state index contributed by atoms with van der Waals surface area (Å²) in [7, 11) is 2.08. The first-order chi connectivity index (χ1) is 3.93. The Morgan fingerprint density at radius 2 is 1.75 bits per heavy atom. The molecule has 0 amide bonds. The maximum atomic E-state index is 2.08. The number of hydrogen-bond acceptors (Lipinski definition) is 0. The van der Waals surface area contributed by atoms with Gasteiger partial charge in [0.15, 0.2) is 0 Å². The van der Waals surface area contributed by atoms with Crippen LogP contribution in [0.1, 0.15) is 0 Å². The summed E-state index contributed by atoms with van der Waals surface area (Å²) in [5.41, 5.74) is 1.28. The molecule has 1 rings (SSSR count). The minimum atomic E-state index is 1.28. The first-order valence-electron chi connectivity index (χ1n) is 2.78. The van der Waals surface area contributed by atoms with Crippen molar-refractivity contribution in [2.75, 3.05) is 0 Å². The fraction of sp³-hybridized carbons (Fsp3) is 0.143. The van der Waals surface area contributed by atoms with Crippen molar-refractivity contribution in [3.05, 3.63) is 30.3 Å². The van der Waals surface area contributed by atoms with Crippen molar-refractivity contribution in [2.24, 2.45) is 0 Å². The molecule has 39 valence electrons. The van der Waals surface area contributed by atoms with Crippen molar-refractivity contribution < 1.29 is 0 Å². The molecule has 0 spiro atoms. The minimum absolute atomic E-state index is 1.28. The van der Waals surface area contributed by atoms with E-state index in [-0.39, 0.29) is 0 Å². The molecule has 1 aromatic carbocycles. The first-order valence-corrected chi connectivity index (χ1v) is 2.78. The smallest absolute Gasteiger partial charge is 0.0881 e. The quantitative estimate of drug-likeness (QED) is 0.466. The van der Waals surface area contributed by atoms with Crippen LogP contribution in [0.25, 0.3) is 0 Å². The Labute approximate surface area is 50.8 Å². The minimum Gasteiger partial charge on any atom is -0.0881 e. The molecule has 0 aliphatic rings. The van der Waals surface area contributed by atoms with Crippen molar-refractivity contribution in [3.63, 3.8) is 0 Å². The monoisotopic (exact) mass is 103 g/mol. The Morgan fingerprint density at radius 3 is 2.12 bits per heavy atom. The van der Waals surface area contributed by atoms with E-state index in [1.165, 1.54) is 5.46 Å². The topological polar surface area (TPSA) is 0 Å². The molecule has 0 unspecified atom stereocenters. The summed E-state index contributed by atoms with van der Waals surface area (Å²) in [5.74, 6) is 0. The van der Waals surface area contributed by atoms with E-state index < -0.39 is 0 Å². The maximum Gasteiger partial charge on any atom is 0.148 e. The van der Waals surface area contributed by atoms with Crippen molar-refractivity contribution in [1.29, 1.82) is 0 Å². The summed E-state index contributed by atoms with van der Waals surface area (Å²) in [6.45, 7) is 2.04. The summed E-state index contributed by atoms with van der Waals surface area (Å²) in [4.78, 5) is 0. The van der Waals surface area contributed by atoms with Gasteiger partial charge in [-0.3, -0.25) is 0 Å². The molecule has 0 saturated carbocycles. The summed E-state index contributed by atoms with van der Waals surface area (Å²) in [5, 5.41) is 0.